The number of hydrogen-bond donors (Lipinski definition) is 0. The van der Waals surface area contributed by atoms with Crippen molar-refractivity contribution >= 4 is 11.9 Å². The van der Waals surface area contributed by atoms with Crippen LogP contribution in [0.3, 0.4) is 0 Å². The Hall–Kier alpha value is -1.93. The Bertz CT molecular complexity index is 1010. The standard InChI is InChI=1S/C50H96N4O4/c1-7-11-15-19-21-27-35-47(33-25-17-13-9-3)49(55)57-41-31-23-29-37-53(44-46-43-51-54(45-46)40-39-52(5)6)38-30-24-32-42-58-50(56)48(34-26-18-14-10-4)36-28-22-20-16-12-8-2/h43,45,47-48H,7-42,44H2,1-6H3. The smallest absolute Gasteiger partial charge is 0.308 e. The predicted molar refractivity (Wildman–Crippen MR) is 246 cm³/mol. The Kier molecular flexibility index (Phi) is 36.6. The van der Waals surface area contributed by atoms with Crippen molar-refractivity contribution in [2.45, 2.75) is 233 Å². The van der Waals surface area contributed by atoms with Crippen molar-refractivity contribution in [3.8, 4) is 0 Å². The number of rotatable bonds is 43. The van der Waals surface area contributed by atoms with Crippen LogP contribution in [0.2, 0.25) is 0 Å². The average molecular weight is 817 g/mol. The van der Waals surface area contributed by atoms with Crippen LogP contribution >= 0.6 is 0 Å². The van der Waals surface area contributed by atoms with Crippen LogP contribution in [0.5, 0.6) is 0 Å². The van der Waals surface area contributed by atoms with E-state index in [0.717, 1.165) is 123 Å². The normalized spacial score (nSPS) is 12.8. The van der Waals surface area contributed by atoms with Crippen LogP contribution in [0.15, 0.2) is 12.4 Å². The van der Waals surface area contributed by atoms with E-state index in [1.807, 2.05) is 6.20 Å². The molecule has 1 rings (SSSR count). The number of esters is 2. The van der Waals surface area contributed by atoms with Gasteiger partial charge in [0.2, 0.25) is 0 Å². The van der Waals surface area contributed by atoms with Gasteiger partial charge in [0.15, 0.2) is 0 Å². The van der Waals surface area contributed by atoms with Gasteiger partial charge in [-0.1, -0.05) is 156 Å². The Labute approximate surface area is 359 Å². The summed E-state index contributed by atoms with van der Waals surface area (Å²) in [7, 11) is 4.20. The van der Waals surface area contributed by atoms with E-state index in [-0.39, 0.29) is 23.8 Å². The van der Waals surface area contributed by atoms with Gasteiger partial charge in [0.05, 0.1) is 37.8 Å². The predicted octanol–water partition coefficient (Wildman–Crippen LogP) is 13.3. The molecule has 0 aliphatic rings. The van der Waals surface area contributed by atoms with Gasteiger partial charge in [-0.05, 0) is 91.4 Å². The largest absolute Gasteiger partial charge is 0.465 e. The minimum absolute atomic E-state index is 0.0453. The van der Waals surface area contributed by atoms with Crippen molar-refractivity contribution in [1.29, 1.82) is 0 Å². The van der Waals surface area contributed by atoms with Crippen LogP contribution in [-0.2, 0) is 32.2 Å². The fourth-order valence-electron chi connectivity index (χ4n) is 7.99. The molecule has 2 atom stereocenters. The number of likely N-dealkylation sites (N-methyl/N-ethyl adjacent to an activating group) is 1. The van der Waals surface area contributed by atoms with Crippen LogP contribution in [0.4, 0.5) is 0 Å². The highest BCUT2D eigenvalue weighted by Gasteiger charge is 2.20. The number of carbonyl (C=O) groups excluding carboxylic acids is 2. The highest BCUT2D eigenvalue weighted by atomic mass is 16.5. The molecule has 0 bridgehead atoms. The number of ether oxygens (including phenoxy) is 2. The summed E-state index contributed by atoms with van der Waals surface area (Å²) in [5.41, 5.74) is 1.26. The first-order chi connectivity index (χ1) is 28.3. The molecule has 0 aromatic carbocycles. The van der Waals surface area contributed by atoms with Gasteiger partial charge in [-0.3, -0.25) is 19.2 Å². The van der Waals surface area contributed by atoms with Gasteiger partial charge >= 0.3 is 11.9 Å². The van der Waals surface area contributed by atoms with Gasteiger partial charge in [0.1, 0.15) is 0 Å². The minimum atomic E-state index is 0.0453. The molecular weight excluding hydrogens is 721 g/mol. The van der Waals surface area contributed by atoms with Gasteiger partial charge in [0, 0.05) is 24.8 Å². The molecule has 2 unspecified atom stereocenters. The van der Waals surface area contributed by atoms with Crippen molar-refractivity contribution in [3.05, 3.63) is 18.0 Å². The van der Waals surface area contributed by atoms with E-state index in [2.05, 4.69) is 67.6 Å². The zero-order chi connectivity index (χ0) is 42.3. The van der Waals surface area contributed by atoms with Gasteiger partial charge in [-0.25, -0.2) is 0 Å². The van der Waals surface area contributed by atoms with Crippen LogP contribution in [0.25, 0.3) is 0 Å². The van der Waals surface area contributed by atoms with E-state index in [0.29, 0.717) is 13.2 Å². The van der Waals surface area contributed by atoms with Gasteiger partial charge < -0.3 is 14.4 Å². The molecule has 8 heteroatoms. The summed E-state index contributed by atoms with van der Waals surface area (Å²) in [6, 6.07) is 0. The van der Waals surface area contributed by atoms with Crippen molar-refractivity contribution in [3.63, 3.8) is 0 Å². The molecule has 1 aromatic rings. The summed E-state index contributed by atoms with van der Waals surface area (Å²) in [4.78, 5) is 31.0. The summed E-state index contributed by atoms with van der Waals surface area (Å²) in [5.74, 6) is 0.235. The maximum atomic E-state index is 13.1. The van der Waals surface area contributed by atoms with E-state index in [1.165, 1.54) is 108 Å². The maximum Gasteiger partial charge on any atom is 0.308 e. The molecule has 0 spiro atoms. The lowest BCUT2D eigenvalue weighted by atomic mass is 9.94. The Morgan fingerprint density at radius 3 is 1.33 bits per heavy atom. The lowest BCUT2D eigenvalue weighted by molar-refractivity contribution is -0.150. The van der Waals surface area contributed by atoms with Crippen LogP contribution < -0.4 is 0 Å². The molecule has 0 radical (unpaired) electrons. The third-order valence-corrected chi connectivity index (χ3v) is 11.9. The van der Waals surface area contributed by atoms with Crippen LogP contribution in [-0.4, -0.2) is 78.5 Å². The summed E-state index contributed by atoms with van der Waals surface area (Å²) in [6.45, 7) is 14.9. The molecule has 0 aliphatic heterocycles. The van der Waals surface area contributed by atoms with Gasteiger partial charge in [0.25, 0.3) is 0 Å². The number of aromatic nitrogens is 2. The molecular formula is C50H96N4O4. The summed E-state index contributed by atoms with van der Waals surface area (Å²) in [5, 5.41) is 4.64. The molecule has 0 aliphatic carbocycles. The second-order valence-corrected chi connectivity index (χ2v) is 17.9. The Morgan fingerprint density at radius 2 is 0.914 bits per heavy atom. The highest BCUT2D eigenvalue weighted by molar-refractivity contribution is 5.72. The first-order valence-corrected chi connectivity index (χ1v) is 25.1. The summed E-state index contributed by atoms with van der Waals surface area (Å²) in [6.07, 6.45) is 39.1. The Morgan fingerprint density at radius 1 is 0.534 bits per heavy atom. The molecule has 58 heavy (non-hydrogen) atoms. The molecule has 0 saturated carbocycles. The number of hydrogen-bond acceptors (Lipinski definition) is 7. The van der Waals surface area contributed by atoms with Crippen molar-refractivity contribution in [1.82, 2.24) is 19.6 Å². The maximum absolute atomic E-state index is 13.1. The molecule has 1 aromatic heterocycles. The number of nitrogens with zero attached hydrogens (tertiary/aromatic N) is 4. The summed E-state index contributed by atoms with van der Waals surface area (Å²) < 4.78 is 13.9. The van der Waals surface area contributed by atoms with E-state index >= 15 is 0 Å². The van der Waals surface area contributed by atoms with Crippen LogP contribution in [0, 0.1) is 11.8 Å². The van der Waals surface area contributed by atoms with Crippen molar-refractivity contribution in [2.24, 2.45) is 11.8 Å². The average Bonchev–Trinajstić information content (AvgIpc) is 3.67. The fourth-order valence-corrected chi connectivity index (χ4v) is 7.99. The second kappa shape index (κ2) is 39.2. The first kappa shape index (κ1) is 54.1. The van der Waals surface area contributed by atoms with Gasteiger partial charge in [-0.2, -0.15) is 5.10 Å². The number of carbonyl (C=O) groups is 2. The molecule has 0 N–H and O–H groups in total. The van der Waals surface area contributed by atoms with E-state index in [9.17, 15) is 9.59 Å². The molecule has 340 valence electrons. The van der Waals surface area contributed by atoms with E-state index < -0.39 is 0 Å². The fraction of sp³-hybridized carbons (Fsp3) is 0.900. The minimum Gasteiger partial charge on any atom is -0.465 e. The topological polar surface area (TPSA) is 76.9 Å². The number of unbranched alkanes of at least 4 members (excludes halogenated alkanes) is 20. The zero-order valence-corrected chi connectivity index (χ0v) is 39.4. The highest BCUT2D eigenvalue weighted by Crippen LogP contribution is 2.22. The lowest BCUT2D eigenvalue weighted by Gasteiger charge is -2.22. The Balaban J connectivity index is 2.58. The third-order valence-electron chi connectivity index (χ3n) is 11.9. The molecule has 0 amide bonds. The lowest BCUT2D eigenvalue weighted by Crippen LogP contribution is -2.26. The molecule has 0 fully saturated rings. The summed E-state index contributed by atoms with van der Waals surface area (Å²) >= 11 is 0. The quantitative estimate of drug-likeness (QED) is 0.0480. The second-order valence-electron chi connectivity index (χ2n) is 17.9. The molecule has 1 heterocycles. The molecule has 8 nitrogen and oxygen atoms in total. The third kappa shape index (κ3) is 31.0. The SMILES string of the molecule is CCCCCCCCC(CCCCCC)C(=O)OCCCCCN(CCCCCOC(=O)C(CCCCCC)CCCCCCCC)Cc1cnn(CCN(C)C)c1. The first-order valence-electron chi connectivity index (χ1n) is 25.1. The van der Waals surface area contributed by atoms with E-state index in [1.54, 1.807) is 0 Å². The zero-order valence-electron chi connectivity index (χ0n) is 39.4. The van der Waals surface area contributed by atoms with Gasteiger partial charge in [-0.15, -0.1) is 0 Å². The molecule has 0 saturated heterocycles. The van der Waals surface area contributed by atoms with Crippen molar-refractivity contribution < 1.29 is 19.1 Å². The van der Waals surface area contributed by atoms with Crippen molar-refractivity contribution in [2.75, 3.05) is 46.9 Å². The monoisotopic (exact) mass is 817 g/mol. The van der Waals surface area contributed by atoms with E-state index in [4.69, 9.17) is 9.47 Å². The van der Waals surface area contributed by atoms with Crippen LogP contribution in [0.1, 0.15) is 226 Å².